The summed E-state index contributed by atoms with van der Waals surface area (Å²) in [7, 11) is 0. The number of aromatic nitrogens is 2. The minimum absolute atomic E-state index is 0.161. The first kappa shape index (κ1) is 23.4. The van der Waals surface area contributed by atoms with Crippen molar-refractivity contribution >= 4 is 0 Å². The van der Waals surface area contributed by atoms with E-state index in [1.54, 1.807) is 13.0 Å². The molecular weight excluding hydrogens is 366 g/mol. The van der Waals surface area contributed by atoms with E-state index in [-0.39, 0.29) is 5.82 Å². The number of halogens is 2. The number of nitrogens with zero attached hydrogens (tertiary/aromatic N) is 2. The van der Waals surface area contributed by atoms with Gasteiger partial charge in [-0.25, -0.2) is 18.7 Å². The molecule has 0 radical (unpaired) electrons. The van der Waals surface area contributed by atoms with Crippen LogP contribution in [0, 0.1) is 5.82 Å². The molecule has 2 aromatic rings. The molecule has 2 nitrogen and oxygen atoms in total. The van der Waals surface area contributed by atoms with Crippen LogP contribution in [0.3, 0.4) is 0 Å². The van der Waals surface area contributed by atoms with Gasteiger partial charge in [0.25, 0.3) is 0 Å². The molecule has 1 heterocycles. The predicted molar refractivity (Wildman–Crippen MR) is 117 cm³/mol. The molecule has 0 amide bonds. The highest BCUT2D eigenvalue weighted by Crippen LogP contribution is 2.21. The quantitative estimate of drug-likeness (QED) is 0.303. The van der Waals surface area contributed by atoms with Crippen LogP contribution < -0.4 is 0 Å². The molecule has 4 heteroatoms. The summed E-state index contributed by atoms with van der Waals surface area (Å²) in [5.41, 5.74) is 2.57. The monoisotopic (exact) mass is 402 g/mol. The molecule has 0 aliphatic heterocycles. The molecule has 2 rings (SSSR count). The number of hydrogen-bond donors (Lipinski definition) is 0. The Kier molecular flexibility index (Phi) is 10.8. The molecule has 1 aromatic heterocycles. The summed E-state index contributed by atoms with van der Waals surface area (Å²) in [6.07, 6.45) is 15.5. The lowest BCUT2D eigenvalue weighted by molar-refractivity contribution is 0.330. The average molecular weight is 403 g/mol. The summed E-state index contributed by atoms with van der Waals surface area (Å²) >= 11 is 0. The second-order valence-corrected chi connectivity index (χ2v) is 8.12. The van der Waals surface area contributed by atoms with Crippen molar-refractivity contribution in [3.63, 3.8) is 0 Å². The van der Waals surface area contributed by atoms with Gasteiger partial charge in [-0.2, -0.15) is 0 Å². The molecule has 0 aliphatic carbocycles. The molecule has 160 valence electrons. The lowest BCUT2D eigenvalue weighted by Gasteiger charge is -2.07. The van der Waals surface area contributed by atoms with Crippen LogP contribution in [0.2, 0.25) is 0 Å². The standard InChI is InChI=1S/C25H36F2N2/c1-3-4-5-6-7-11-14-22-15-16-23(17-24(22)27)25-28-18-21(19-29-25)13-10-8-9-12-20(2)26/h15-20H,3-14H2,1-2H3. The van der Waals surface area contributed by atoms with Crippen molar-refractivity contribution in [3.8, 4) is 11.4 Å². The van der Waals surface area contributed by atoms with Crippen LogP contribution in [0.25, 0.3) is 11.4 Å². The zero-order valence-corrected chi connectivity index (χ0v) is 18.1. The zero-order valence-electron chi connectivity index (χ0n) is 18.1. The van der Waals surface area contributed by atoms with Crippen LogP contribution in [0.5, 0.6) is 0 Å². The highest BCUT2D eigenvalue weighted by atomic mass is 19.1. The van der Waals surface area contributed by atoms with Gasteiger partial charge in [-0.05, 0) is 56.2 Å². The molecule has 0 fully saturated rings. The first-order chi connectivity index (χ1) is 14.1. The minimum Gasteiger partial charge on any atom is -0.248 e. The van der Waals surface area contributed by atoms with Crippen molar-refractivity contribution in [2.45, 2.75) is 97.1 Å². The molecular formula is C25H36F2N2. The Balaban J connectivity index is 1.80. The van der Waals surface area contributed by atoms with Crippen molar-refractivity contribution < 1.29 is 8.78 Å². The third kappa shape index (κ3) is 9.01. The predicted octanol–water partition coefficient (Wildman–Crippen LogP) is 7.65. The van der Waals surface area contributed by atoms with Gasteiger partial charge in [-0.3, -0.25) is 0 Å². The number of aryl methyl sites for hydroxylation is 2. The van der Waals surface area contributed by atoms with Gasteiger partial charge in [0.15, 0.2) is 5.82 Å². The fraction of sp³-hybridized carbons (Fsp3) is 0.600. The summed E-state index contributed by atoms with van der Waals surface area (Å²) in [5.74, 6) is 0.399. The van der Waals surface area contributed by atoms with E-state index in [2.05, 4.69) is 16.9 Å². The molecule has 0 saturated heterocycles. The normalized spacial score (nSPS) is 12.3. The van der Waals surface area contributed by atoms with Gasteiger partial charge in [-0.1, -0.05) is 64.0 Å². The van der Waals surface area contributed by atoms with E-state index < -0.39 is 6.17 Å². The van der Waals surface area contributed by atoms with Crippen LogP contribution >= 0.6 is 0 Å². The summed E-state index contributed by atoms with van der Waals surface area (Å²) in [4.78, 5) is 8.83. The first-order valence-electron chi connectivity index (χ1n) is 11.3. The summed E-state index contributed by atoms with van der Waals surface area (Å²) in [6.45, 7) is 3.82. The summed E-state index contributed by atoms with van der Waals surface area (Å²) < 4.78 is 27.2. The van der Waals surface area contributed by atoms with E-state index >= 15 is 0 Å². The topological polar surface area (TPSA) is 25.8 Å². The lowest BCUT2D eigenvalue weighted by atomic mass is 10.0. The molecule has 1 unspecified atom stereocenters. The Labute approximate surface area is 175 Å². The molecule has 0 saturated carbocycles. The Morgan fingerprint density at radius 1 is 0.862 bits per heavy atom. The first-order valence-corrected chi connectivity index (χ1v) is 11.3. The fourth-order valence-corrected chi connectivity index (χ4v) is 3.55. The van der Waals surface area contributed by atoms with Crippen LogP contribution in [-0.2, 0) is 12.8 Å². The number of rotatable bonds is 14. The molecule has 0 N–H and O–H groups in total. The molecule has 0 spiro atoms. The zero-order chi connectivity index (χ0) is 20.9. The summed E-state index contributed by atoms with van der Waals surface area (Å²) in [6, 6.07) is 5.35. The van der Waals surface area contributed by atoms with Crippen LogP contribution in [0.15, 0.2) is 30.6 Å². The van der Waals surface area contributed by atoms with Gasteiger partial charge < -0.3 is 0 Å². The van der Waals surface area contributed by atoms with Crippen molar-refractivity contribution in [2.24, 2.45) is 0 Å². The third-order valence-electron chi connectivity index (χ3n) is 5.38. The van der Waals surface area contributed by atoms with E-state index in [9.17, 15) is 8.78 Å². The Morgan fingerprint density at radius 2 is 1.52 bits per heavy atom. The van der Waals surface area contributed by atoms with Crippen LogP contribution in [0.4, 0.5) is 8.78 Å². The molecule has 0 bridgehead atoms. The van der Waals surface area contributed by atoms with E-state index in [4.69, 9.17) is 0 Å². The summed E-state index contributed by atoms with van der Waals surface area (Å²) in [5, 5.41) is 0. The second-order valence-electron chi connectivity index (χ2n) is 8.12. The molecule has 1 atom stereocenters. The van der Waals surface area contributed by atoms with Gasteiger partial charge in [0.2, 0.25) is 0 Å². The number of hydrogen-bond acceptors (Lipinski definition) is 2. The largest absolute Gasteiger partial charge is 0.248 e. The highest BCUT2D eigenvalue weighted by molar-refractivity contribution is 5.55. The molecule has 29 heavy (non-hydrogen) atoms. The number of alkyl halides is 1. The smallest absolute Gasteiger partial charge is 0.159 e. The van der Waals surface area contributed by atoms with Gasteiger partial charge >= 0.3 is 0 Å². The van der Waals surface area contributed by atoms with Crippen molar-refractivity contribution in [3.05, 3.63) is 47.5 Å². The molecule has 0 aliphatic rings. The van der Waals surface area contributed by atoms with Crippen molar-refractivity contribution in [2.75, 3.05) is 0 Å². The van der Waals surface area contributed by atoms with Crippen LogP contribution in [-0.4, -0.2) is 16.1 Å². The van der Waals surface area contributed by atoms with E-state index in [0.29, 0.717) is 12.2 Å². The SMILES string of the molecule is CCCCCCCCc1ccc(-c2ncc(CCCCCC(C)F)cn2)cc1F. The van der Waals surface area contributed by atoms with Crippen LogP contribution in [0.1, 0.15) is 89.2 Å². The van der Waals surface area contributed by atoms with Gasteiger partial charge in [0, 0.05) is 18.0 Å². The van der Waals surface area contributed by atoms with Gasteiger partial charge in [0.05, 0.1) is 6.17 Å². The maximum atomic E-state index is 14.5. The van der Waals surface area contributed by atoms with Gasteiger partial charge in [-0.15, -0.1) is 0 Å². The van der Waals surface area contributed by atoms with E-state index in [0.717, 1.165) is 55.2 Å². The maximum Gasteiger partial charge on any atom is 0.159 e. The van der Waals surface area contributed by atoms with Crippen molar-refractivity contribution in [1.29, 1.82) is 0 Å². The highest BCUT2D eigenvalue weighted by Gasteiger charge is 2.08. The Bertz CT molecular complexity index is 698. The van der Waals surface area contributed by atoms with E-state index in [1.165, 1.54) is 32.1 Å². The van der Waals surface area contributed by atoms with Gasteiger partial charge in [0.1, 0.15) is 5.82 Å². The number of unbranched alkanes of at least 4 members (excludes halogenated alkanes) is 7. The lowest BCUT2D eigenvalue weighted by Crippen LogP contribution is -1.96. The Morgan fingerprint density at radius 3 is 2.21 bits per heavy atom. The number of benzene rings is 1. The van der Waals surface area contributed by atoms with Crippen molar-refractivity contribution in [1.82, 2.24) is 9.97 Å². The maximum absolute atomic E-state index is 14.5. The van der Waals surface area contributed by atoms with E-state index in [1.807, 2.05) is 24.5 Å². The molecule has 1 aromatic carbocycles. The third-order valence-corrected chi connectivity index (χ3v) is 5.38. The second kappa shape index (κ2) is 13.4. The fourth-order valence-electron chi connectivity index (χ4n) is 3.55. The Hall–Kier alpha value is -1.84. The minimum atomic E-state index is -0.713. The average Bonchev–Trinajstić information content (AvgIpc) is 2.71.